The number of para-hydroxylation sites is 1. The molecule has 0 aliphatic carbocycles. The van der Waals surface area contributed by atoms with Gasteiger partial charge in [0.1, 0.15) is 6.33 Å². The van der Waals surface area contributed by atoms with Gasteiger partial charge in [0.05, 0.1) is 15.1 Å². The fourth-order valence-electron chi connectivity index (χ4n) is 4.30. The van der Waals surface area contributed by atoms with Gasteiger partial charge in [-0.25, -0.2) is 15.0 Å². The van der Waals surface area contributed by atoms with Crippen LogP contribution in [0, 0.1) is 10.1 Å². The standard InChI is InChI=1S/C23H21N7O4S/c31-30(32)20-21(27-23-26-16-3-1-2-4-19(16)35-23)24-13-25-22(20)29-9-7-28(8-10-29)12-15-5-6-17-18(11-15)34-14-33-17/h1-6,11,13H,7-10,12,14H2,(H,24,25,26,27). The summed E-state index contributed by atoms with van der Waals surface area (Å²) in [4.78, 5) is 28.8. The average Bonchev–Trinajstić information content (AvgIpc) is 3.50. The van der Waals surface area contributed by atoms with Gasteiger partial charge in [-0.2, -0.15) is 0 Å². The van der Waals surface area contributed by atoms with Gasteiger partial charge in [-0.3, -0.25) is 15.0 Å². The number of benzene rings is 2. The molecule has 0 amide bonds. The fourth-order valence-corrected chi connectivity index (χ4v) is 5.17. The SMILES string of the molecule is O=[N+]([O-])c1c(Nc2nc3ccccc3s2)ncnc1N1CCN(Cc2ccc3c(c2)OCO3)CC1. The van der Waals surface area contributed by atoms with Crippen molar-refractivity contribution in [1.82, 2.24) is 19.9 Å². The lowest BCUT2D eigenvalue weighted by molar-refractivity contribution is -0.383. The Morgan fingerprint density at radius 1 is 1.06 bits per heavy atom. The molecule has 0 bridgehead atoms. The van der Waals surface area contributed by atoms with Crippen LogP contribution >= 0.6 is 11.3 Å². The number of hydrogen-bond acceptors (Lipinski definition) is 11. The third kappa shape index (κ3) is 4.29. The van der Waals surface area contributed by atoms with Crippen LogP contribution in [0.4, 0.5) is 22.5 Å². The van der Waals surface area contributed by atoms with Crippen LogP contribution < -0.4 is 19.7 Å². The quantitative estimate of drug-likeness (QED) is 0.315. The molecule has 1 fully saturated rings. The minimum Gasteiger partial charge on any atom is -0.454 e. The Labute approximate surface area is 204 Å². The van der Waals surface area contributed by atoms with Crippen LogP contribution in [0.25, 0.3) is 10.2 Å². The summed E-state index contributed by atoms with van der Waals surface area (Å²) < 4.78 is 11.8. The van der Waals surface area contributed by atoms with Crippen molar-refractivity contribution < 1.29 is 14.4 Å². The third-order valence-corrected chi connectivity index (χ3v) is 6.97. The zero-order chi connectivity index (χ0) is 23.8. The van der Waals surface area contributed by atoms with Crippen molar-refractivity contribution in [3.05, 3.63) is 64.5 Å². The maximum atomic E-state index is 12.1. The number of fused-ring (bicyclic) bond motifs is 2. The van der Waals surface area contributed by atoms with E-state index in [0.717, 1.165) is 46.9 Å². The Morgan fingerprint density at radius 2 is 1.89 bits per heavy atom. The van der Waals surface area contributed by atoms with E-state index in [1.165, 1.54) is 17.7 Å². The van der Waals surface area contributed by atoms with Crippen molar-refractivity contribution in [3.63, 3.8) is 0 Å². The van der Waals surface area contributed by atoms with Crippen LogP contribution in [0.2, 0.25) is 0 Å². The van der Waals surface area contributed by atoms with E-state index in [4.69, 9.17) is 9.47 Å². The molecule has 2 aromatic carbocycles. The number of aromatic nitrogens is 3. The first-order chi connectivity index (χ1) is 17.1. The Morgan fingerprint density at radius 3 is 2.71 bits per heavy atom. The topological polar surface area (TPSA) is 119 Å². The highest BCUT2D eigenvalue weighted by Gasteiger charge is 2.30. The lowest BCUT2D eigenvalue weighted by atomic mass is 10.1. The van der Waals surface area contributed by atoms with Crippen molar-refractivity contribution in [2.45, 2.75) is 6.54 Å². The van der Waals surface area contributed by atoms with Crippen LogP contribution in [0.1, 0.15) is 5.56 Å². The van der Waals surface area contributed by atoms with E-state index in [1.807, 2.05) is 47.4 Å². The number of ether oxygens (including phenoxy) is 2. The number of anilines is 3. The molecule has 1 N–H and O–H groups in total. The second-order valence-electron chi connectivity index (χ2n) is 8.21. The van der Waals surface area contributed by atoms with E-state index in [9.17, 15) is 10.1 Å². The first kappa shape index (κ1) is 21.5. The zero-order valence-electron chi connectivity index (χ0n) is 18.6. The molecule has 4 heterocycles. The monoisotopic (exact) mass is 491 g/mol. The van der Waals surface area contributed by atoms with Gasteiger partial charge in [0.2, 0.25) is 18.4 Å². The van der Waals surface area contributed by atoms with Crippen LogP contribution in [-0.2, 0) is 6.54 Å². The summed E-state index contributed by atoms with van der Waals surface area (Å²) in [5, 5.41) is 15.6. The number of nitrogens with zero attached hydrogens (tertiary/aromatic N) is 6. The fraction of sp³-hybridized carbons (Fsp3) is 0.261. The van der Waals surface area contributed by atoms with E-state index >= 15 is 0 Å². The molecule has 0 unspecified atom stereocenters. The summed E-state index contributed by atoms with van der Waals surface area (Å²) in [6.45, 7) is 3.74. The second kappa shape index (κ2) is 8.96. The van der Waals surface area contributed by atoms with Gasteiger partial charge in [0.15, 0.2) is 16.6 Å². The number of thiazole rings is 1. The molecule has 2 aromatic heterocycles. The minimum atomic E-state index is -0.427. The Hall–Kier alpha value is -4.03. The number of piperazine rings is 1. The van der Waals surface area contributed by atoms with Crippen molar-refractivity contribution in [2.24, 2.45) is 0 Å². The molecule has 2 aliphatic rings. The Balaban J connectivity index is 1.18. The van der Waals surface area contributed by atoms with Gasteiger partial charge in [0.25, 0.3) is 0 Å². The minimum absolute atomic E-state index is 0.141. The average molecular weight is 492 g/mol. The molecule has 0 atom stereocenters. The lowest BCUT2D eigenvalue weighted by Crippen LogP contribution is -2.46. The molecule has 2 aliphatic heterocycles. The van der Waals surface area contributed by atoms with E-state index in [0.29, 0.717) is 24.0 Å². The number of nitrogens with one attached hydrogen (secondary N) is 1. The molecule has 0 saturated carbocycles. The van der Waals surface area contributed by atoms with Crippen molar-refractivity contribution >= 4 is 44.0 Å². The van der Waals surface area contributed by atoms with Crippen LogP contribution in [0.15, 0.2) is 48.8 Å². The summed E-state index contributed by atoms with van der Waals surface area (Å²) >= 11 is 1.42. The summed E-state index contributed by atoms with van der Waals surface area (Å²) in [5.41, 5.74) is 1.82. The van der Waals surface area contributed by atoms with Crippen molar-refractivity contribution in [1.29, 1.82) is 0 Å². The molecule has 0 spiro atoms. The smallest absolute Gasteiger partial charge is 0.353 e. The van der Waals surface area contributed by atoms with Crippen molar-refractivity contribution in [2.75, 3.05) is 43.2 Å². The molecule has 11 nitrogen and oxygen atoms in total. The van der Waals surface area contributed by atoms with Gasteiger partial charge < -0.3 is 19.7 Å². The van der Waals surface area contributed by atoms with E-state index in [1.54, 1.807) is 0 Å². The molecule has 35 heavy (non-hydrogen) atoms. The maximum absolute atomic E-state index is 12.1. The van der Waals surface area contributed by atoms with Crippen molar-refractivity contribution in [3.8, 4) is 11.5 Å². The van der Waals surface area contributed by atoms with E-state index in [-0.39, 0.29) is 18.3 Å². The third-order valence-electron chi connectivity index (χ3n) is 6.02. The molecular formula is C23H21N7O4S. The highest BCUT2D eigenvalue weighted by Crippen LogP contribution is 2.36. The Kier molecular flexibility index (Phi) is 5.51. The number of rotatable bonds is 6. The predicted octanol–water partition coefficient (Wildman–Crippen LogP) is 3.79. The normalized spacial score (nSPS) is 15.5. The molecular weight excluding hydrogens is 470 g/mol. The number of nitro groups is 1. The molecule has 0 radical (unpaired) electrons. The second-order valence-corrected chi connectivity index (χ2v) is 9.24. The highest BCUT2D eigenvalue weighted by molar-refractivity contribution is 7.22. The van der Waals surface area contributed by atoms with Gasteiger partial charge in [-0.05, 0) is 29.8 Å². The molecule has 6 rings (SSSR count). The Bertz CT molecular complexity index is 1370. The van der Waals surface area contributed by atoms with Crippen LogP contribution in [-0.4, -0.2) is 57.7 Å². The molecule has 178 valence electrons. The molecule has 1 saturated heterocycles. The van der Waals surface area contributed by atoms with Crippen LogP contribution in [0.3, 0.4) is 0 Å². The molecule has 4 aromatic rings. The predicted molar refractivity (Wildman–Crippen MR) is 132 cm³/mol. The lowest BCUT2D eigenvalue weighted by Gasteiger charge is -2.35. The van der Waals surface area contributed by atoms with Gasteiger partial charge in [0, 0.05) is 32.7 Å². The maximum Gasteiger partial charge on any atom is 0.353 e. The van der Waals surface area contributed by atoms with Gasteiger partial charge in [-0.1, -0.05) is 29.5 Å². The molecule has 12 heteroatoms. The van der Waals surface area contributed by atoms with Gasteiger partial charge >= 0.3 is 5.69 Å². The first-order valence-corrected chi connectivity index (χ1v) is 11.9. The van der Waals surface area contributed by atoms with Crippen LogP contribution in [0.5, 0.6) is 11.5 Å². The number of hydrogen-bond donors (Lipinski definition) is 1. The summed E-state index contributed by atoms with van der Waals surface area (Å²) in [5.74, 6) is 1.99. The summed E-state index contributed by atoms with van der Waals surface area (Å²) in [6.07, 6.45) is 1.36. The first-order valence-electron chi connectivity index (χ1n) is 11.1. The van der Waals surface area contributed by atoms with E-state index < -0.39 is 4.92 Å². The zero-order valence-corrected chi connectivity index (χ0v) is 19.4. The largest absolute Gasteiger partial charge is 0.454 e. The van der Waals surface area contributed by atoms with E-state index in [2.05, 4.69) is 25.2 Å². The summed E-state index contributed by atoms with van der Waals surface area (Å²) in [7, 11) is 0. The summed E-state index contributed by atoms with van der Waals surface area (Å²) in [6, 6.07) is 13.7. The highest BCUT2D eigenvalue weighted by atomic mass is 32.1. The van der Waals surface area contributed by atoms with Gasteiger partial charge in [-0.15, -0.1) is 0 Å².